The summed E-state index contributed by atoms with van der Waals surface area (Å²) in [5, 5.41) is 8.74. The van der Waals surface area contributed by atoms with E-state index in [-0.39, 0.29) is 29.9 Å². The molecule has 2 heterocycles. The second-order valence-corrected chi connectivity index (χ2v) is 7.56. The number of rotatable bonds is 7. The predicted octanol–water partition coefficient (Wildman–Crippen LogP) is 3.12. The smallest absolute Gasteiger partial charge is 0.223 e. The minimum Gasteiger partial charge on any atom is -0.356 e. The van der Waals surface area contributed by atoms with Gasteiger partial charge in [0.25, 0.3) is 0 Å². The molecule has 2 N–H and O–H groups in total. The van der Waals surface area contributed by atoms with Gasteiger partial charge in [-0.2, -0.15) is 0 Å². The van der Waals surface area contributed by atoms with E-state index < -0.39 is 0 Å². The van der Waals surface area contributed by atoms with Gasteiger partial charge in [0.2, 0.25) is 5.91 Å². The molecule has 1 aromatic heterocycles. The van der Waals surface area contributed by atoms with Gasteiger partial charge in [-0.1, -0.05) is 36.4 Å². The highest BCUT2D eigenvalue weighted by Gasteiger charge is 2.29. The summed E-state index contributed by atoms with van der Waals surface area (Å²) in [4.78, 5) is 19.8. The van der Waals surface area contributed by atoms with E-state index in [2.05, 4.69) is 39.2 Å². The van der Waals surface area contributed by atoms with Gasteiger partial charge in [0.15, 0.2) is 5.96 Å². The minimum absolute atomic E-state index is 0. The molecule has 1 aliphatic rings. The van der Waals surface area contributed by atoms with Crippen molar-refractivity contribution in [3.63, 3.8) is 0 Å². The molecule has 1 unspecified atom stereocenters. The average molecular weight is 498 g/mol. The first-order valence-electron chi connectivity index (χ1n) is 9.03. The summed E-state index contributed by atoms with van der Waals surface area (Å²) in [6, 6.07) is 14.5. The van der Waals surface area contributed by atoms with Crippen LogP contribution in [0.5, 0.6) is 0 Å². The number of halogens is 1. The highest BCUT2D eigenvalue weighted by molar-refractivity contribution is 14.0. The van der Waals surface area contributed by atoms with Crippen LogP contribution in [-0.4, -0.2) is 43.4 Å². The number of nitrogens with zero attached hydrogens (tertiary/aromatic N) is 2. The van der Waals surface area contributed by atoms with Crippen LogP contribution in [0.1, 0.15) is 16.9 Å². The topological polar surface area (TPSA) is 56.7 Å². The molecule has 27 heavy (non-hydrogen) atoms. The van der Waals surface area contributed by atoms with Crippen LogP contribution < -0.4 is 10.6 Å². The highest BCUT2D eigenvalue weighted by atomic mass is 127. The van der Waals surface area contributed by atoms with Crippen molar-refractivity contribution >= 4 is 47.2 Å². The van der Waals surface area contributed by atoms with Crippen LogP contribution in [0.15, 0.2) is 52.8 Å². The van der Waals surface area contributed by atoms with Crippen LogP contribution >= 0.6 is 35.3 Å². The number of carbonyl (C=O) groups excluding carboxylic acids is 1. The second kappa shape index (κ2) is 11.3. The van der Waals surface area contributed by atoms with Gasteiger partial charge in [-0.15, -0.1) is 35.3 Å². The van der Waals surface area contributed by atoms with Crippen molar-refractivity contribution in [2.75, 3.05) is 26.7 Å². The Bertz CT molecular complexity index is 721. The summed E-state index contributed by atoms with van der Waals surface area (Å²) in [5.74, 6) is 1.38. The number of hydrogen-bond donors (Lipinski definition) is 2. The van der Waals surface area contributed by atoms with Gasteiger partial charge in [0, 0.05) is 43.9 Å². The van der Waals surface area contributed by atoms with E-state index in [1.165, 1.54) is 10.4 Å². The molecule has 0 spiro atoms. The molecule has 1 fully saturated rings. The molecule has 0 aliphatic carbocycles. The Morgan fingerprint density at radius 3 is 2.74 bits per heavy atom. The van der Waals surface area contributed by atoms with Gasteiger partial charge >= 0.3 is 0 Å². The molecule has 1 atom stereocenters. The summed E-state index contributed by atoms with van der Waals surface area (Å²) in [6.07, 6.45) is 1.53. The van der Waals surface area contributed by atoms with E-state index in [0.717, 1.165) is 38.6 Å². The van der Waals surface area contributed by atoms with Gasteiger partial charge in [-0.05, 0) is 23.4 Å². The third kappa shape index (κ3) is 6.80. The second-order valence-electron chi connectivity index (χ2n) is 6.53. The molecule has 2 aromatic rings. The van der Waals surface area contributed by atoms with Crippen molar-refractivity contribution in [2.45, 2.75) is 19.4 Å². The fourth-order valence-electron chi connectivity index (χ4n) is 3.16. The Labute approximate surface area is 182 Å². The third-order valence-electron chi connectivity index (χ3n) is 4.60. The molecular weight excluding hydrogens is 471 g/mol. The lowest BCUT2D eigenvalue weighted by atomic mass is 10.1. The molecule has 146 valence electrons. The van der Waals surface area contributed by atoms with Crippen molar-refractivity contribution in [3.05, 3.63) is 58.3 Å². The molecule has 0 saturated carbocycles. The van der Waals surface area contributed by atoms with Crippen LogP contribution in [0.2, 0.25) is 0 Å². The third-order valence-corrected chi connectivity index (χ3v) is 5.48. The maximum Gasteiger partial charge on any atom is 0.223 e. The number of thiophene rings is 1. The predicted molar refractivity (Wildman–Crippen MR) is 123 cm³/mol. The molecule has 7 heteroatoms. The monoisotopic (exact) mass is 498 g/mol. The number of guanidine groups is 1. The Balaban J connectivity index is 0.00000261. The molecule has 1 aromatic carbocycles. The standard InChI is InChI=1S/C20H26N4OS.HI/c1-21-20(23-14-18-8-5-11-26-18)22-13-17-12-19(25)24(15-17)10-9-16-6-3-2-4-7-16;/h2-8,11,17H,9-10,12-15H2,1H3,(H2,21,22,23);1H. The van der Waals surface area contributed by atoms with Gasteiger partial charge < -0.3 is 15.5 Å². The Hall–Kier alpha value is -1.61. The Morgan fingerprint density at radius 1 is 1.22 bits per heavy atom. The van der Waals surface area contributed by atoms with Crippen LogP contribution in [-0.2, 0) is 17.8 Å². The molecule has 3 rings (SSSR count). The molecule has 1 amide bonds. The summed E-state index contributed by atoms with van der Waals surface area (Å²) in [7, 11) is 1.77. The number of aliphatic imine (C=N–C) groups is 1. The van der Waals surface area contributed by atoms with Crippen LogP contribution in [0, 0.1) is 5.92 Å². The average Bonchev–Trinajstić information content (AvgIpc) is 3.31. The number of carbonyl (C=O) groups is 1. The fourth-order valence-corrected chi connectivity index (χ4v) is 3.81. The van der Waals surface area contributed by atoms with Crippen LogP contribution in [0.25, 0.3) is 0 Å². The van der Waals surface area contributed by atoms with E-state index in [0.29, 0.717) is 12.3 Å². The molecule has 0 bridgehead atoms. The molecule has 5 nitrogen and oxygen atoms in total. The van der Waals surface area contributed by atoms with E-state index >= 15 is 0 Å². The SMILES string of the molecule is CN=C(NCc1cccs1)NCC1CC(=O)N(CCc2ccccc2)C1.I. The zero-order valence-corrected chi connectivity index (χ0v) is 18.7. The number of benzene rings is 1. The lowest BCUT2D eigenvalue weighted by molar-refractivity contribution is -0.127. The van der Waals surface area contributed by atoms with Crippen LogP contribution in [0.4, 0.5) is 0 Å². The van der Waals surface area contributed by atoms with E-state index in [4.69, 9.17) is 0 Å². The molecule has 1 aliphatic heterocycles. The Kier molecular flexibility index (Phi) is 9.06. The van der Waals surface area contributed by atoms with E-state index in [9.17, 15) is 4.79 Å². The van der Waals surface area contributed by atoms with Crippen molar-refractivity contribution < 1.29 is 4.79 Å². The largest absolute Gasteiger partial charge is 0.356 e. The van der Waals surface area contributed by atoms with Gasteiger partial charge in [0.05, 0.1) is 6.54 Å². The van der Waals surface area contributed by atoms with E-state index in [1.807, 2.05) is 29.2 Å². The quantitative estimate of drug-likeness (QED) is 0.351. The number of likely N-dealkylation sites (tertiary alicyclic amines) is 1. The number of amides is 1. The first-order valence-corrected chi connectivity index (χ1v) is 9.91. The van der Waals surface area contributed by atoms with E-state index in [1.54, 1.807) is 18.4 Å². The normalized spacial score (nSPS) is 16.9. The lowest BCUT2D eigenvalue weighted by Gasteiger charge is -2.18. The van der Waals surface area contributed by atoms with Crippen molar-refractivity contribution in [1.29, 1.82) is 0 Å². The highest BCUT2D eigenvalue weighted by Crippen LogP contribution is 2.17. The maximum atomic E-state index is 12.3. The zero-order valence-electron chi connectivity index (χ0n) is 15.6. The summed E-state index contributed by atoms with van der Waals surface area (Å²) < 4.78 is 0. The van der Waals surface area contributed by atoms with Crippen LogP contribution in [0.3, 0.4) is 0 Å². The number of hydrogen-bond acceptors (Lipinski definition) is 3. The first kappa shape index (κ1) is 21.7. The number of nitrogens with one attached hydrogen (secondary N) is 2. The van der Waals surface area contributed by atoms with Crippen molar-refractivity contribution in [1.82, 2.24) is 15.5 Å². The molecule has 0 radical (unpaired) electrons. The molecular formula is C20H27IN4OS. The van der Waals surface area contributed by atoms with Gasteiger partial charge in [-0.25, -0.2) is 0 Å². The Morgan fingerprint density at radius 2 is 2.04 bits per heavy atom. The fraction of sp³-hybridized carbons (Fsp3) is 0.400. The summed E-state index contributed by atoms with van der Waals surface area (Å²) in [6.45, 7) is 3.15. The van der Waals surface area contributed by atoms with Crippen molar-refractivity contribution in [2.24, 2.45) is 10.9 Å². The van der Waals surface area contributed by atoms with Gasteiger partial charge in [-0.3, -0.25) is 9.79 Å². The summed E-state index contributed by atoms with van der Waals surface area (Å²) >= 11 is 1.73. The summed E-state index contributed by atoms with van der Waals surface area (Å²) in [5.41, 5.74) is 1.28. The minimum atomic E-state index is 0. The zero-order chi connectivity index (χ0) is 18.2. The lowest BCUT2D eigenvalue weighted by Crippen LogP contribution is -2.39. The molecule has 1 saturated heterocycles. The maximum absolute atomic E-state index is 12.3. The van der Waals surface area contributed by atoms with Crippen molar-refractivity contribution in [3.8, 4) is 0 Å². The van der Waals surface area contributed by atoms with Gasteiger partial charge in [0.1, 0.15) is 0 Å². The first-order chi connectivity index (χ1) is 12.7.